The molecule has 0 radical (unpaired) electrons. The summed E-state index contributed by atoms with van der Waals surface area (Å²) < 4.78 is 34.9. The fourth-order valence-electron chi connectivity index (χ4n) is 2.43. The summed E-state index contributed by atoms with van der Waals surface area (Å²) in [5, 5.41) is 11.2. The summed E-state index contributed by atoms with van der Waals surface area (Å²) in [6, 6.07) is 12.2. The number of sulfonamides is 1. The molecule has 0 saturated carbocycles. The number of nitrogens with zero attached hydrogens (tertiary/aromatic N) is 4. The molecule has 0 saturated heterocycles. The lowest BCUT2D eigenvalue weighted by molar-refractivity contribution is 0.0456. The summed E-state index contributed by atoms with van der Waals surface area (Å²) >= 11 is 3.27. The molecule has 29 heavy (non-hydrogen) atoms. The molecule has 0 aliphatic rings. The molecule has 9 nitrogen and oxygen atoms in total. The van der Waals surface area contributed by atoms with Crippen molar-refractivity contribution in [3.8, 4) is 0 Å². The molecule has 1 N–H and O–H groups in total. The van der Waals surface area contributed by atoms with Crippen LogP contribution in [0, 0.1) is 0 Å². The first-order valence-electron chi connectivity index (χ1n) is 8.69. The van der Waals surface area contributed by atoms with Gasteiger partial charge in [0.1, 0.15) is 0 Å². The second-order valence-corrected chi connectivity index (χ2v) is 8.63. The Labute approximate surface area is 176 Å². The molecule has 0 amide bonds. The monoisotopic (exact) mass is 479 g/mol. The topological polar surface area (TPSA) is 116 Å². The number of aryl methyl sites for hydroxylation is 1. The number of halogens is 1. The molecule has 0 spiro atoms. The van der Waals surface area contributed by atoms with Gasteiger partial charge in [-0.25, -0.2) is 17.9 Å². The van der Waals surface area contributed by atoms with Crippen molar-refractivity contribution in [1.29, 1.82) is 0 Å². The number of nitrogens with one attached hydrogen (secondary N) is 1. The largest absolute Gasteiger partial charge is 0.454 e. The number of hydrogen-bond donors (Lipinski definition) is 1. The molecule has 11 heteroatoms. The summed E-state index contributed by atoms with van der Waals surface area (Å²) in [6.45, 7) is 2.57. The van der Waals surface area contributed by atoms with Crippen LogP contribution in [0.3, 0.4) is 0 Å². The maximum Gasteiger partial charge on any atom is 0.338 e. The molecule has 2 aromatic carbocycles. The van der Waals surface area contributed by atoms with Gasteiger partial charge in [0, 0.05) is 16.7 Å². The van der Waals surface area contributed by atoms with E-state index < -0.39 is 16.0 Å². The van der Waals surface area contributed by atoms with Crippen LogP contribution in [-0.2, 0) is 27.9 Å². The quantitative estimate of drug-likeness (QED) is 0.493. The number of carbonyl (C=O) groups is 1. The minimum atomic E-state index is -3.73. The highest BCUT2D eigenvalue weighted by Gasteiger charge is 2.15. The van der Waals surface area contributed by atoms with E-state index >= 15 is 0 Å². The molecule has 1 aromatic heterocycles. The average molecular weight is 480 g/mol. The average Bonchev–Trinajstić information content (AvgIpc) is 3.14. The van der Waals surface area contributed by atoms with Crippen LogP contribution in [0.1, 0.15) is 29.5 Å². The lowest BCUT2D eigenvalue weighted by Crippen LogP contribution is -2.13. The van der Waals surface area contributed by atoms with Crippen LogP contribution in [0.5, 0.6) is 0 Å². The zero-order valence-corrected chi connectivity index (χ0v) is 17.9. The number of aromatic nitrogens is 4. The Morgan fingerprint density at radius 3 is 2.48 bits per heavy atom. The van der Waals surface area contributed by atoms with Crippen molar-refractivity contribution in [3.63, 3.8) is 0 Å². The summed E-state index contributed by atoms with van der Waals surface area (Å²) in [5.74, 6) is -0.0996. The fraction of sp³-hybridized carbons (Fsp3) is 0.222. The van der Waals surface area contributed by atoms with Gasteiger partial charge in [-0.2, -0.15) is 0 Å². The Balaban J connectivity index is 1.62. The third-order valence-electron chi connectivity index (χ3n) is 3.87. The zero-order valence-electron chi connectivity index (χ0n) is 15.4. The van der Waals surface area contributed by atoms with Gasteiger partial charge in [-0.05, 0) is 65.4 Å². The minimum Gasteiger partial charge on any atom is -0.454 e. The molecule has 152 valence electrons. The Morgan fingerprint density at radius 2 is 1.83 bits per heavy atom. The second kappa shape index (κ2) is 9.14. The molecule has 1 heterocycles. The van der Waals surface area contributed by atoms with E-state index in [9.17, 15) is 13.2 Å². The zero-order chi connectivity index (χ0) is 20.9. The molecular formula is C18H18BrN5O4S. The minimum absolute atomic E-state index is 0.0518. The Morgan fingerprint density at radius 1 is 1.14 bits per heavy atom. The number of hydrogen-bond acceptors (Lipinski definition) is 7. The van der Waals surface area contributed by atoms with Crippen LogP contribution in [-0.4, -0.2) is 34.6 Å². The first kappa shape index (κ1) is 20.9. The Hall–Kier alpha value is -2.79. The second-order valence-electron chi connectivity index (χ2n) is 6.03. The summed E-state index contributed by atoms with van der Waals surface area (Å²) in [7, 11) is -3.73. The van der Waals surface area contributed by atoms with Crippen LogP contribution >= 0.6 is 15.9 Å². The molecule has 0 bridgehead atoms. The highest BCUT2D eigenvalue weighted by Crippen LogP contribution is 2.19. The van der Waals surface area contributed by atoms with Crippen molar-refractivity contribution in [1.82, 2.24) is 20.2 Å². The van der Waals surface area contributed by atoms with Gasteiger partial charge in [0.15, 0.2) is 12.4 Å². The van der Waals surface area contributed by atoms with Crippen molar-refractivity contribution < 1.29 is 17.9 Å². The first-order chi connectivity index (χ1) is 13.9. The fourth-order valence-corrected chi connectivity index (χ4v) is 3.75. The van der Waals surface area contributed by atoms with Gasteiger partial charge in [-0.15, -0.1) is 5.10 Å². The molecule has 0 unspecified atom stereocenters. The van der Waals surface area contributed by atoms with Gasteiger partial charge in [0.05, 0.1) is 10.5 Å². The summed E-state index contributed by atoms with van der Waals surface area (Å²) in [4.78, 5) is 12.3. The number of rotatable bonds is 8. The number of benzene rings is 2. The van der Waals surface area contributed by atoms with E-state index in [0.717, 1.165) is 10.9 Å². The van der Waals surface area contributed by atoms with E-state index in [4.69, 9.17) is 4.74 Å². The predicted molar refractivity (Wildman–Crippen MR) is 109 cm³/mol. The van der Waals surface area contributed by atoms with Crippen molar-refractivity contribution >= 4 is 37.6 Å². The Kier molecular flexibility index (Phi) is 6.60. The van der Waals surface area contributed by atoms with E-state index in [1.807, 2.05) is 6.92 Å². The third-order valence-corrected chi connectivity index (χ3v) is 5.80. The maximum atomic E-state index is 12.4. The lowest BCUT2D eigenvalue weighted by Gasteiger charge is -2.09. The lowest BCUT2D eigenvalue weighted by atomic mass is 10.2. The van der Waals surface area contributed by atoms with E-state index in [1.54, 1.807) is 16.8 Å². The molecule has 0 atom stereocenters. The normalized spacial score (nSPS) is 11.2. The SMILES string of the molecule is CCCn1nnnc1COC(=O)c1ccc(NS(=O)(=O)c2ccc(Br)cc2)cc1. The molecule has 0 fully saturated rings. The summed E-state index contributed by atoms with van der Waals surface area (Å²) in [5.41, 5.74) is 0.613. The molecule has 3 rings (SSSR count). The standard InChI is InChI=1S/C18H18BrN5O4S/c1-2-11-24-17(20-22-23-24)12-28-18(25)13-3-7-15(8-4-13)21-29(26,27)16-9-5-14(19)6-10-16/h3-10,21H,2,11-12H2,1H3. The molecule has 0 aliphatic heterocycles. The van der Waals surface area contributed by atoms with Crippen LogP contribution in [0.4, 0.5) is 5.69 Å². The van der Waals surface area contributed by atoms with Crippen molar-refractivity contribution in [2.75, 3.05) is 4.72 Å². The van der Waals surface area contributed by atoms with Gasteiger partial charge in [0.2, 0.25) is 0 Å². The van der Waals surface area contributed by atoms with Crippen molar-refractivity contribution in [2.45, 2.75) is 31.4 Å². The van der Waals surface area contributed by atoms with Crippen LogP contribution in [0.15, 0.2) is 57.9 Å². The number of esters is 1. The summed E-state index contributed by atoms with van der Waals surface area (Å²) in [6.07, 6.45) is 0.851. The maximum absolute atomic E-state index is 12.4. The number of ether oxygens (including phenoxy) is 1. The Bertz CT molecular complexity index is 1080. The van der Waals surface area contributed by atoms with Gasteiger partial charge in [0.25, 0.3) is 10.0 Å². The molecule has 3 aromatic rings. The van der Waals surface area contributed by atoms with Gasteiger partial charge >= 0.3 is 5.97 Å². The van der Waals surface area contributed by atoms with Gasteiger partial charge in [-0.3, -0.25) is 4.72 Å². The number of tetrazole rings is 1. The van der Waals surface area contributed by atoms with Gasteiger partial charge in [-0.1, -0.05) is 22.9 Å². The molecular weight excluding hydrogens is 462 g/mol. The van der Waals surface area contributed by atoms with E-state index in [1.165, 1.54) is 36.4 Å². The number of carbonyl (C=O) groups excluding carboxylic acids is 1. The molecule has 0 aliphatic carbocycles. The smallest absolute Gasteiger partial charge is 0.338 e. The van der Waals surface area contributed by atoms with E-state index in [0.29, 0.717) is 18.1 Å². The first-order valence-corrected chi connectivity index (χ1v) is 11.0. The van der Waals surface area contributed by atoms with Gasteiger partial charge < -0.3 is 4.74 Å². The van der Waals surface area contributed by atoms with Crippen molar-refractivity contribution in [3.05, 3.63) is 64.4 Å². The van der Waals surface area contributed by atoms with E-state index in [2.05, 4.69) is 36.2 Å². The van der Waals surface area contributed by atoms with Crippen LogP contribution < -0.4 is 4.72 Å². The highest BCUT2D eigenvalue weighted by atomic mass is 79.9. The van der Waals surface area contributed by atoms with Crippen LogP contribution in [0.2, 0.25) is 0 Å². The predicted octanol–water partition coefficient (Wildman–Crippen LogP) is 3.00. The van der Waals surface area contributed by atoms with Crippen LogP contribution in [0.25, 0.3) is 0 Å². The number of anilines is 1. The van der Waals surface area contributed by atoms with E-state index in [-0.39, 0.29) is 17.1 Å². The third kappa shape index (κ3) is 5.39. The highest BCUT2D eigenvalue weighted by molar-refractivity contribution is 9.10. The van der Waals surface area contributed by atoms with Crippen molar-refractivity contribution in [2.24, 2.45) is 0 Å².